The fraction of sp³-hybridized carbons (Fsp3) is 0.444. The number of imide groups is 1. The van der Waals surface area contributed by atoms with Crippen molar-refractivity contribution in [2.45, 2.75) is 19.0 Å². The summed E-state index contributed by atoms with van der Waals surface area (Å²) in [4.78, 5) is 49.4. The van der Waals surface area contributed by atoms with Gasteiger partial charge in [-0.2, -0.15) is 13.2 Å². The van der Waals surface area contributed by atoms with Crippen molar-refractivity contribution in [1.82, 2.24) is 15.1 Å². The molecule has 0 aromatic heterocycles. The summed E-state index contributed by atoms with van der Waals surface area (Å²) in [5.74, 6) is -3.52. The third-order valence-electron chi connectivity index (χ3n) is 4.91. The Kier molecular flexibility index (Phi) is 5.39. The molecule has 0 bridgehead atoms. The Balaban J connectivity index is 1.46. The van der Waals surface area contributed by atoms with Crippen molar-refractivity contribution in [2.24, 2.45) is 5.92 Å². The van der Waals surface area contributed by atoms with Crippen LogP contribution in [-0.2, 0) is 9.59 Å². The summed E-state index contributed by atoms with van der Waals surface area (Å²) in [7, 11) is 0. The quantitative estimate of drug-likeness (QED) is 0.774. The average Bonchev–Trinajstić information content (AvgIpc) is 2.91. The molecule has 0 aliphatic carbocycles. The Hall–Kier alpha value is -2.91. The van der Waals surface area contributed by atoms with E-state index >= 15 is 0 Å². The number of hydrogen-bond donors (Lipinski definition) is 1. The molecule has 1 aromatic carbocycles. The number of piperidine rings is 1. The predicted octanol–water partition coefficient (Wildman–Crippen LogP) is 1.20. The van der Waals surface area contributed by atoms with E-state index in [9.17, 15) is 32.3 Å². The van der Waals surface area contributed by atoms with Gasteiger partial charge in [0, 0.05) is 19.6 Å². The van der Waals surface area contributed by atoms with Crippen LogP contribution in [0.15, 0.2) is 24.3 Å². The summed E-state index contributed by atoms with van der Waals surface area (Å²) in [5, 5.41) is 2.61. The van der Waals surface area contributed by atoms with Crippen LogP contribution in [0.2, 0.25) is 0 Å². The number of alkyl halides is 3. The third kappa shape index (κ3) is 4.00. The zero-order valence-electron chi connectivity index (χ0n) is 14.8. The molecule has 1 saturated heterocycles. The van der Waals surface area contributed by atoms with Crippen molar-refractivity contribution in [1.29, 1.82) is 0 Å². The van der Waals surface area contributed by atoms with Crippen LogP contribution in [0.25, 0.3) is 0 Å². The highest BCUT2D eigenvalue weighted by molar-refractivity contribution is 6.22. The van der Waals surface area contributed by atoms with Gasteiger partial charge in [0.15, 0.2) is 0 Å². The van der Waals surface area contributed by atoms with E-state index in [0.717, 1.165) is 9.80 Å². The van der Waals surface area contributed by atoms with Gasteiger partial charge in [-0.1, -0.05) is 12.1 Å². The number of likely N-dealkylation sites (tertiary alicyclic amines) is 1. The summed E-state index contributed by atoms with van der Waals surface area (Å²) < 4.78 is 37.3. The Bertz CT molecular complexity index is 782. The van der Waals surface area contributed by atoms with E-state index < -0.39 is 36.3 Å². The van der Waals surface area contributed by atoms with E-state index in [1.807, 2.05) is 0 Å². The standard InChI is InChI=1S/C18H18F3N3O4/c19-18(20,21)17(28)23-7-5-11(6-8-23)9-22-14(25)10-24-15(26)12-3-1-2-4-13(12)16(24)27/h1-4,11H,5-10H2,(H,22,25). The van der Waals surface area contributed by atoms with E-state index in [4.69, 9.17) is 0 Å². The van der Waals surface area contributed by atoms with Gasteiger partial charge in [0.1, 0.15) is 6.54 Å². The molecule has 2 aliphatic rings. The number of rotatable bonds is 4. The Morgan fingerprint density at radius 3 is 2.07 bits per heavy atom. The number of halogens is 3. The van der Waals surface area contributed by atoms with Crippen molar-refractivity contribution < 1.29 is 32.3 Å². The Morgan fingerprint density at radius 2 is 1.57 bits per heavy atom. The summed E-state index contributed by atoms with van der Waals surface area (Å²) in [6.45, 7) is -0.275. The second-order valence-corrected chi connectivity index (χ2v) is 6.78. The van der Waals surface area contributed by atoms with Crippen molar-refractivity contribution in [3.05, 3.63) is 35.4 Å². The molecule has 0 saturated carbocycles. The molecule has 10 heteroatoms. The number of hydrogen-bond acceptors (Lipinski definition) is 4. The minimum absolute atomic E-state index is 0.0305. The lowest BCUT2D eigenvalue weighted by Crippen LogP contribution is -2.47. The van der Waals surface area contributed by atoms with E-state index in [0.29, 0.717) is 12.8 Å². The van der Waals surface area contributed by atoms with E-state index in [1.165, 1.54) is 12.1 Å². The molecule has 0 unspecified atom stereocenters. The molecule has 1 aromatic rings. The van der Waals surface area contributed by atoms with Crippen LogP contribution in [-0.4, -0.2) is 65.8 Å². The first-order valence-electron chi connectivity index (χ1n) is 8.76. The summed E-state index contributed by atoms with van der Waals surface area (Å²) in [5.41, 5.74) is 0.504. The molecule has 28 heavy (non-hydrogen) atoms. The monoisotopic (exact) mass is 397 g/mol. The zero-order chi connectivity index (χ0) is 20.5. The second kappa shape index (κ2) is 7.61. The molecule has 2 heterocycles. The first-order chi connectivity index (χ1) is 13.2. The predicted molar refractivity (Wildman–Crippen MR) is 90.2 cm³/mol. The minimum Gasteiger partial charge on any atom is -0.354 e. The smallest absolute Gasteiger partial charge is 0.354 e. The topological polar surface area (TPSA) is 86.8 Å². The molecular weight excluding hydrogens is 379 g/mol. The van der Waals surface area contributed by atoms with Crippen molar-refractivity contribution in [3.8, 4) is 0 Å². The Morgan fingerprint density at radius 1 is 1.04 bits per heavy atom. The first kappa shape index (κ1) is 19.8. The van der Waals surface area contributed by atoms with Crippen molar-refractivity contribution in [2.75, 3.05) is 26.2 Å². The van der Waals surface area contributed by atoms with Crippen molar-refractivity contribution in [3.63, 3.8) is 0 Å². The number of amides is 4. The van der Waals surface area contributed by atoms with Gasteiger partial charge in [-0.3, -0.25) is 24.1 Å². The lowest BCUT2D eigenvalue weighted by Gasteiger charge is -2.32. The summed E-state index contributed by atoms with van der Waals surface area (Å²) in [6.07, 6.45) is -4.22. The molecule has 150 valence electrons. The maximum Gasteiger partial charge on any atom is 0.471 e. The van der Waals surface area contributed by atoms with Gasteiger partial charge in [-0.25, -0.2) is 0 Å². The molecule has 2 aliphatic heterocycles. The first-order valence-corrected chi connectivity index (χ1v) is 8.76. The van der Waals surface area contributed by atoms with E-state index in [1.54, 1.807) is 12.1 Å². The summed E-state index contributed by atoms with van der Waals surface area (Å²) >= 11 is 0. The molecule has 3 rings (SSSR count). The highest BCUT2D eigenvalue weighted by atomic mass is 19.4. The van der Waals surface area contributed by atoms with E-state index in [2.05, 4.69) is 5.32 Å². The van der Waals surface area contributed by atoms with Crippen LogP contribution in [0.5, 0.6) is 0 Å². The van der Waals surface area contributed by atoms with Crippen LogP contribution < -0.4 is 5.32 Å². The number of carbonyl (C=O) groups excluding carboxylic acids is 4. The van der Waals surface area contributed by atoms with Crippen LogP contribution in [0.3, 0.4) is 0 Å². The van der Waals surface area contributed by atoms with E-state index in [-0.39, 0.29) is 36.7 Å². The van der Waals surface area contributed by atoms with Gasteiger partial charge in [-0.05, 0) is 30.9 Å². The minimum atomic E-state index is -4.88. The van der Waals surface area contributed by atoms with Crippen LogP contribution in [0.4, 0.5) is 13.2 Å². The number of nitrogens with one attached hydrogen (secondary N) is 1. The molecular formula is C18H18F3N3O4. The fourth-order valence-electron chi connectivity index (χ4n) is 3.36. The van der Waals surface area contributed by atoms with Gasteiger partial charge in [-0.15, -0.1) is 0 Å². The number of benzene rings is 1. The third-order valence-corrected chi connectivity index (χ3v) is 4.91. The second-order valence-electron chi connectivity index (χ2n) is 6.78. The number of fused-ring (bicyclic) bond motifs is 1. The lowest BCUT2D eigenvalue weighted by atomic mass is 9.96. The fourth-order valence-corrected chi connectivity index (χ4v) is 3.36. The SMILES string of the molecule is O=C(CN1C(=O)c2ccccc2C1=O)NCC1CCN(C(=O)C(F)(F)F)CC1. The largest absolute Gasteiger partial charge is 0.471 e. The average molecular weight is 397 g/mol. The molecule has 1 fully saturated rings. The highest BCUT2D eigenvalue weighted by Crippen LogP contribution is 2.24. The highest BCUT2D eigenvalue weighted by Gasteiger charge is 2.43. The normalized spacial score (nSPS) is 17.7. The molecule has 4 amide bonds. The van der Waals surface area contributed by atoms with Crippen LogP contribution >= 0.6 is 0 Å². The molecule has 0 radical (unpaired) electrons. The van der Waals surface area contributed by atoms with Gasteiger partial charge in [0.25, 0.3) is 11.8 Å². The zero-order valence-corrected chi connectivity index (χ0v) is 14.8. The number of carbonyl (C=O) groups is 4. The number of nitrogens with zero attached hydrogens (tertiary/aromatic N) is 2. The van der Waals surface area contributed by atoms with Gasteiger partial charge in [0.05, 0.1) is 11.1 Å². The molecule has 0 spiro atoms. The Labute approximate surface area is 158 Å². The lowest BCUT2D eigenvalue weighted by molar-refractivity contribution is -0.186. The molecule has 1 N–H and O–H groups in total. The van der Waals surface area contributed by atoms with Crippen LogP contribution in [0, 0.1) is 5.92 Å². The van der Waals surface area contributed by atoms with Gasteiger partial charge >= 0.3 is 12.1 Å². The molecule has 7 nitrogen and oxygen atoms in total. The molecule has 0 atom stereocenters. The van der Waals surface area contributed by atoms with Gasteiger partial charge in [0.2, 0.25) is 5.91 Å². The maximum atomic E-state index is 12.4. The van der Waals surface area contributed by atoms with Crippen LogP contribution in [0.1, 0.15) is 33.6 Å². The van der Waals surface area contributed by atoms with Gasteiger partial charge < -0.3 is 10.2 Å². The maximum absolute atomic E-state index is 12.4. The van der Waals surface area contributed by atoms with Crippen molar-refractivity contribution >= 4 is 23.6 Å². The summed E-state index contributed by atoms with van der Waals surface area (Å²) in [6, 6.07) is 6.29.